The standard InChI is InChI=1S/C11H13ClFNO/c1-14-6-5-9(15)7-8-3-2-4-10(13)11(8)12/h2-4,14H,5-7H2,1H3. The maximum absolute atomic E-state index is 13.0. The molecule has 1 N–H and O–H groups in total. The molecule has 0 atom stereocenters. The highest BCUT2D eigenvalue weighted by atomic mass is 35.5. The second kappa shape index (κ2) is 5.83. The van der Waals surface area contributed by atoms with Crippen molar-refractivity contribution in [3.63, 3.8) is 0 Å². The summed E-state index contributed by atoms with van der Waals surface area (Å²) in [5.74, 6) is -0.424. The van der Waals surface area contributed by atoms with Gasteiger partial charge in [-0.1, -0.05) is 23.7 Å². The number of carbonyl (C=O) groups excluding carboxylic acids is 1. The second-order valence-electron chi connectivity index (χ2n) is 3.28. The van der Waals surface area contributed by atoms with Gasteiger partial charge in [0, 0.05) is 19.4 Å². The van der Waals surface area contributed by atoms with Gasteiger partial charge in [0.1, 0.15) is 11.6 Å². The lowest BCUT2D eigenvalue weighted by Crippen LogP contribution is -2.14. The molecule has 82 valence electrons. The van der Waals surface area contributed by atoms with Gasteiger partial charge in [-0.25, -0.2) is 4.39 Å². The first kappa shape index (κ1) is 12.1. The molecule has 0 heterocycles. The molecule has 1 aromatic rings. The molecule has 0 spiro atoms. The van der Waals surface area contributed by atoms with Crippen molar-refractivity contribution in [3.05, 3.63) is 34.6 Å². The Hall–Kier alpha value is -0.930. The van der Waals surface area contributed by atoms with E-state index in [9.17, 15) is 9.18 Å². The average molecular weight is 230 g/mol. The third-order valence-corrected chi connectivity index (χ3v) is 2.50. The summed E-state index contributed by atoms with van der Waals surface area (Å²) in [5, 5.41) is 2.93. The predicted molar refractivity (Wildman–Crippen MR) is 58.7 cm³/mol. The molecule has 1 aromatic carbocycles. The number of carbonyl (C=O) groups is 1. The van der Waals surface area contributed by atoms with Gasteiger partial charge in [0.15, 0.2) is 0 Å². The first-order valence-corrected chi connectivity index (χ1v) is 5.12. The van der Waals surface area contributed by atoms with Crippen LogP contribution in [0.5, 0.6) is 0 Å². The van der Waals surface area contributed by atoms with E-state index < -0.39 is 5.82 Å². The van der Waals surface area contributed by atoms with Crippen LogP contribution in [0, 0.1) is 5.82 Å². The van der Waals surface area contributed by atoms with Crippen molar-refractivity contribution >= 4 is 17.4 Å². The average Bonchev–Trinajstić information content (AvgIpc) is 2.22. The van der Waals surface area contributed by atoms with Crippen molar-refractivity contribution in [1.29, 1.82) is 0 Å². The molecule has 15 heavy (non-hydrogen) atoms. The summed E-state index contributed by atoms with van der Waals surface area (Å²) in [5.41, 5.74) is 0.553. The van der Waals surface area contributed by atoms with Crippen LogP contribution in [0.15, 0.2) is 18.2 Å². The van der Waals surface area contributed by atoms with E-state index in [0.29, 0.717) is 18.5 Å². The van der Waals surface area contributed by atoms with Crippen LogP contribution in [0.25, 0.3) is 0 Å². The van der Waals surface area contributed by atoms with Gasteiger partial charge < -0.3 is 5.32 Å². The monoisotopic (exact) mass is 229 g/mol. The maximum atomic E-state index is 13.0. The smallest absolute Gasteiger partial charge is 0.142 e. The van der Waals surface area contributed by atoms with Gasteiger partial charge in [-0.2, -0.15) is 0 Å². The van der Waals surface area contributed by atoms with Crippen molar-refractivity contribution in [3.8, 4) is 0 Å². The highest BCUT2D eigenvalue weighted by molar-refractivity contribution is 6.31. The minimum absolute atomic E-state index is 0.0512. The number of hydrogen-bond donors (Lipinski definition) is 1. The predicted octanol–water partition coefficient (Wildman–Crippen LogP) is 2.20. The molecule has 0 amide bonds. The molecule has 0 saturated heterocycles. The Kier molecular flexibility index (Phi) is 4.72. The van der Waals surface area contributed by atoms with Crippen LogP contribution in [0.2, 0.25) is 5.02 Å². The lowest BCUT2D eigenvalue weighted by molar-refractivity contribution is -0.118. The van der Waals surface area contributed by atoms with Gasteiger partial charge in [0.2, 0.25) is 0 Å². The van der Waals surface area contributed by atoms with Crippen LogP contribution >= 0.6 is 11.6 Å². The molecule has 1 rings (SSSR count). The lowest BCUT2D eigenvalue weighted by atomic mass is 10.1. The van der Waals surface area contributed by atoms with E-state index in [4.69, 9.17) is 11.6 Å². The van der Waals surface area contributed by atoms with Crippen LogP contribution in [-0.2, 0) is 11.2 Å². The Labute approximate surface area is 93.4 Å². The fourth-order valence-electron chi connectivity index (χ4n) is 1.25. The third kappa shape index (κ3) is 3.61. The van der Waals surface area contributed by atoms with Gasteiger partial charge >= 0.3 is 0 Å². The number of benzene rings is 1. The summed E-state index contributed by atoms with van der Waals surface area (Å²) >= 11 is 5.73. The van der Waals surface area contributed by atoms with Crippen molar-refractivity contribution in [2.24, 2.45) is 0 Å². The Morgan fingerprint density at radius 2 is 2.27 bits per heavy atom. The molecule has 2 nitrogen and oxygen atoms in total. The van der Waals surface area contributed by atoms with Crippen molar-refractivity contribution < 1.29 is 9.18 Å². The van der Waals surface area contributed by atoms with Crippen LogP contribution in [0.1, 0.15) is 12.0 Å². The van der Waals surface area contributed by atoms with Gasteiger partial charge in [0.05, 0.1) is 5.02 Å². The lowest BCUT2D eigenvalue weighted by Gasteiger charge is -2.04. The van der Waals surface area contributed by atoms with E-state index in [1.807, 2.05) is 0 Å². The summed E-state index contributed by atoms with van der Waals surface area (Å²) in [6.45, 7) is 0.631. The molecule has 0 saturated carbocycles. The minimum Gasteiger partial charge on any atom is -0.319 e. The summed E-state index contributed by atoms with van der Waals surface area (Å²) in [4.78, 5) is 11.4. The third-order valence-electron chi connectivity index (χ3n) is 2.07. The van der Waals surface area contributed by atoms with E-state index in [1.165, 1.54) is 6.07 Å². The summed E-state index contributed by atoms with van der Waals surface area (Å²) in [7, 11) is 1.78. The Morgan fingerprint density at radius 1 is 1.53 bits per heavy atom. The molecule has 0 fully saturated rings. The quantitative estimate of drug-likeness (QED) is 0.839. The van der Waals surface area contributed by atoms with E-state index in [1.54, 1.807) is 19.2 Å². The van der Waals surface area contributed by atoms with Gasteiger partial charge in [-0.15, -0.1) is 0 Å². The number of ketones is 1. The fraction of sp³-hybridized carbons (Fsp3) is 0.364. The first-order valence-electron chi connectivity index (χ1n) is 4.74. The molecular weight excluding hydrogens is 217 g/mol. The van der Waals surface area contributed by atoms with E-state index >= 15 is 0 Å². The molecule has 0 radical (unpaired) electrons. The first-order chi connectivity index (χ1) is 7.15. The topological polar surface area (TPSA) is 29.1 Å². The summed E-state index contributed by atoms with van der Waals surface area (Å²) < 4.78 is 13.0. The number of nitrogens with one attached hydrogen (secondary N) is 1. The molecule has 0 unspecified atom stereocenters. The van der Waals surface area contributed by atoms with Crippen molar-refractivity contribution in [2.75, 3.05) is 13.6 Å². The van der Waals surface area contributed by atoms with Crippen LogP contribution in [-0.4, -0.2) is 19.4 Å². The zero-order chi connectivity index (χ0) is 11.3. The van der Waals surface area contributed by atoms with Crippen molar-refractivity contribution in [1.82, 2.24) is 5.32 Å². The SMILES string of the molecule is CNCCC(=O)Cc1cccc(F)c1Cl. The zero-order valence-electron chi connectivity index (χ0n) is 8.52. The minimum atomic E-state index is -0.476. The molecule has 0 aliphatic heterocycles. The number of Topliss-reactive ketones (excluding diaryl/α,β-unsaturated/α-hetero) is 1. The van der Waals surface area contributed by atoms with Crippen LogP contribution < -0.4 is 5.32 Å². The van der Waals surface area contributed by atoms with Gasteiger partial charge in [-0.05, 0) is 18.7 Å². The molecular formula is C11H13ClFNO. The molecule has 0 bridgehead atoms. The Morgan fingerprint density at radius 3 is 2.93 bits per heavy atom. The number of halogens is 2. The summed E-state index contributed by atoms with van der Waals surface area (Å²) in [6, 6.07) is 4.51. The van der Waals surface area contributed by atoms with E-state index in [2.05, 4.69) is 5.32 Å². The van der Waals surface area contributed by atoms with Crippen LogP contribution in [0.3, 0.4) is 0 Å². The maximum Gasteiger partial charge on any atom is 0.142 e. The largest absolute Gasteiger partial charge is 0.319 e. The highest BCUT2D eigenvalue weighted by Crippen LogP contribution is 2.20. The fourth-order valence-corrected chi connectivity index (χ4v) is 1.44. The molecule has 0 aliphatic rings. The van der Waals surface area contributed by atoms with Gasteiger partial charge in [-0.3, -0.25) is 4.79 Å². The van der Waals surface area contributed by atoms with E-state index in [-0.39, 0.29) is 17.2 Å². The second-order valence-corrected chi connectivity index (χ2v) is 3.66. The van der Waals surface area contributed by atoms with Crippen molar-refractivity contribution in [2.45, 2.75) is 12.8 Å². The normalized spacial score (nSPS) is 10.3. The van der Waals surface area contributed by atoms with E-state index in [0.717, 1.165) is 0 Å². The molecule has 4 heteroatoms. The summed E-state index contributed by atoms with van der Waals surface area (Å²) in [6.07, 6.45) is 0.627. The molecule has 0 aliphatic carbocycles. The molecule has 0 aromatic heterocycles. The number of hydrogen-bond acceptors (Lipinski definition) is 2. The Bertz CT molecular complexity index is 354. The van der Waals surface area contributed by atoms with Gasteiger partial charge in [0.25, 0.3) is 0 Å². The number of rotatable bonds is 5. The Balaban J connectivity index is 2.64. The van der Waals surface area contributed by atoms with Crippen LogP contribution in [0.4, 0.5) is 4.39 Å². The zero-order valence-corrected chi connectivity index (χ0v) is 9.27. The highest BCUT2D eigenvalue weighted by Gasteiger charge is 2.09.